The Hall–Kier alpha value is -2.30. The SMILES string of the molecule is COc1ccc2c(c1)nc(CC(F)(F)F)c1ccccc12. The smallest absolute Gasteiger partial charge is 0.394 e. The van der Waals surface area contributed by atoms with Gasteiger partial charge in [-0.25, -0.2) is 0 Å². The number of methoxy groups -OCH3 is 1. The normalized spacial score (nSPS) is 12.0. The third-order valence-electron chi connectivity index (χ3n) is 3.36. The highest BCUT2D eigenvalue weighted by molar-refractivity contribution is 6.06. The second-order valence-corrected chi connectivity index (χ2v) is 4.78. The number of hydrogen-bond acceptors (Lipinski definition) is 2. The van der Waals surface area contributed by atoms with Gasteiger partial charge in [0, 0.05) is 16.8 Å². The molecule has 0 aliphatic heterocycles. The summed E-state index contributed by atoms with van der Waals surface area (Å²) in [5.74, 6) is 0.572. The maximum Gasteiger partial charge on any atom is 0.394 e. The number of hydrogen-bond donors (Lipinski definition) is 0. The molecular weight excluding hydrogens is 279 g/mol. The first kappa shape index (κ1) is 13.7. The van der Waals surface area contributed by atoms with Crippen LogP contribution in [-0.2, 0) is 6.42 Å². The molecule has 2 nitrogen and oxygen atoms in total. The van der Waals surface area contributed by atoms with Crippen molar-refractivity contribution in [1.29, 1.82) is 0 Å². The van der Waals surface area contributed by atoms with Crippen molar-refractivity contribution in [2.24, 2.45) is 0 Å². The molecule has 0 saturated carbocycles. The average molecular weight is 291 g/mol. The molecule has 0 saturated heterocycles. The number of fused-ring (bicyclic) bond motifs is 3. The van der Waals surface area contributed by atoms with Crippen LogP contribution in [0.5, 0.6) is 5.75 Å². The summed E-state index contributed by atoms with van der Waals surface area (Å²) < 4.78 is 43.4. The van der Waals surface area contributed by atoms with Crippen LogP contribution in [0.1, 0.15) is 5.69 Å². The first-order chi connectivity index (χ1) is 9.98. The molecule has 108 valence electrons. The van der Waals surface area contributed by atoms with E-state index in [4.69, 9.17) is 4.74 Å². The Morgan fingerprint density at radius 1 is 1.00 bits per heavy atom. The molecule has 0 N–H and O–H groups in total. The van der Waals surface area contributed by atoms with E-state index in [0.29, 0.717) is 16.7 Å². The lowest BCUT2D eigenvalue weighted by molar-refractivity contribution is -0.127. The van der Waals surface area contributed by atoms with Crippen molar-refractivity contribution >= 4 is 21.7 Å². The van der Waals surface area contributed by atoms with Gasteiger partial charge in [0.1, 0.15) is 5.75 Å². The lowest BCUT2D eigenvalue weighted by Gasteiger charge is -2.12. The van der Waals surface area contributed by atoms with Gasteiger partial charge in [-0.15, -0.1) is 0 Å². The summed E-state index contributed by atoms with van der Waals surface area (Å²) in [7, 11) is 1.51. The van der Waals surface area contributed by atoms with Crippen molar-refractivity contribution in [3.05, 3.63) is 48.2 Å². The summed E-state index contributed by atoms with van der Waals surface area (Å²) in [6.07, 6.45) is -5.33. The van der Waals surface area contributed by atoms with E-state index in [1.54, 1.807) is 24.3 Å². The van der Waals surface area contributed by atoms with Gasteiger partial charge in [-0.1, -0.05) is 24.3 Å². The molecule has 0 bridgehead atoms. The minimum absolute atomic E-state index is 0.0406. The quantitative estimate of drug-likeness (QED) is 0.648. The van der Waals surface area contributed by atoms with E-state index >= 15 is 0 Å². The molecule has 0 amide bonds. The highest BCUT2D eigenvalue weighted by Crippen LogP contribution is 2.31. The molecule has 0 aliphatic rings. The van der Waals surface area contributed by atoms with Crippen LogP contribution >= 0.6 is 0 Å². The molecule has 0 spiro atoms. The average Bonchev–Trinajstić information content (AvgIpc) is 2.45. The lowest BCUT2D eigenvalue weighted by Crippen LogP contribution is -2.13. The molecule has 5 heteroatoms. The summed E-state index contributed by atoms with van der Waals surface area (Å²) in [6, 6.07) is 12.3. The van der Waals surface area contributed by atoms with Gasteiger partial charge in [0.05, 0.1) is 24.7 Å². The number of benzene rings is 2. The van der Waals surface area contributed by atoms with Gasteiger partial charge in [-0.05, 0) is 17.5 Å². The maximum atomic E-state index is 12.8. The fraction of sp³-hybridized carbons (Fsp3) is 0.188. The summed E-state index contributed by atoms with van der Waals surface area (Å²) >= 11 is 0. The molecule has 2 aromatic carbocycles. The van der Waals surface area contributed by atoms with Gasteiger partial charge in [0.25, 0.3) is 0 Å². The van der Waals surface area contributed by atoms with Gasteiger partial charge in [-0.3, -0.25) is 4.98 Å². The molecular formula is C16H12F3NO. The third-order valence-corrected chi connectivity index (χ3v) is 3.36. The highest BCUT2D eigenvalue weighted by atomic mass is 19.4. The van der Waals surface area contributed by atoms with Gasteiger partial charge >= 0.3 is 6.18 Å². The number of aromatic nitrogens is 1. The summed E-state index contributed by atoms with van der Waals surface area (Å²) in [5, 5.41) is 2.12. The van der Waals surface area contributed by atoms with E-state index in [-0.39, 0.29) is 5.69 Å². The van der Waals surface area contributed by atoms with Crippen molar-refractivity contribution < 1.29 is 17.9 Å². The van der Waals surface area contributed by atoms with Crippen LogP contribution in [0, 0.1) is 0 Å². The van der Waals surface area contributed by atoms with Crippen molar-refractivity contribution in [1.82, 2.24) is 4.98 Å². The van der Waals surface area contributed by atoms with Crippen molar-refractivity contribution in [3.63, 3.8) is 0 Å². The van der Waals surface area contributed by atoms with E-state index in [1.807, 2.05) is 18.2 Å². The number of pyridine rings is 1. The molecule has 0 aliphatic carbocycles. The van der Waals surface area contributed by atoms with E-state index < -0.39 is 12.6 Å². The maximum absolute atomic E-state index is 12.8. The fourth-order valence-electron chi connectivity index (χ4n) is 2.46. The minimum atomic E-state index is -4.29. The van der Waals surface area contributed by atoms with Crippen LogP contribution in [-0.4, -0.2) is 18.3 Å². The third kappa shape index (κ3) is 2.63. The summed E-state index contributed by atoms with van der Waals surface area (Å²) in [6.45, 7) is 0. The molecule has 1 heterocycles. The first-order valence-corrected chi connectivity index (χ1v) is 6.40. The summed E-state index contributed by atoms with van der Waals surface area (Å²) in [4.78, 5) is 4.20. The van der Waals surface area contributed by atoms with Crippen molar-refractivity contribution in [2.45, 2.75) is 12.6 Å². The van der Waals surface area contributed by atoms with Crippen LogP contribution in [0.4, 0.5) is 13.2 Å². The Morgan fingerprint density at radius 2 is 1.71 bits per heavy atom. The Balaban J connectivity index is 2.33. The topological polar surface area (TPSA) is 22.1 Å². The zero-order valence-electron chi connectivity index (χ0n) is 11.2. The van der Waals surface area contributed by atoms with Gasteiger partial charge in [-0.2, -0.15) is 13.2 Å². The molecule has 3 rings (SSSR count). The standard InChI is InChI=1S/C16H12F3NO/c1-21-10-6-7-13-11-4-2-3-5-12(11)15(9-16(17,18)19)20-14(13)8-10/h2-8H,9H2,1H3. The molecule has 0 radical (unpaired) electrons. The predicted molar refractivity (Wildman–Crippen MR) is 75.6 cm³/mol. The monoisotopic (exact) mass is 291 g/mol. The zero-order valence-corrected chi connectivity index (χ0v) is 11.2. The van der Waals surface area contributed by atoms with Crippen molar-refractivity contribution in [3.8, 4) is 5.75 Å². The van der Waals surface area contributed by atoms with E-state index in [1.165, 1.54) is 7.11 Å². The molecule has 0 fully saturated rings. The van der Waals surface area contributed by atoms with Gasteiger partial charge < -0.3 is 4.74 Å². The number of alkyl halides is 3. The van der Waals surface area contributed by atoms with Crippen LogP contribution in [0.2, 0.25) is 0 Å². The Bertz CT molecular complexity index is 812. The Morgan fingerprint density at radius 3 is 2.38 bits per heavy atom. The molecule has 0 atom stereocenters. The van der Waals surface area contributed by atoms with Gasteiger partial charge in [0.15, 0.2) is 0 Å². The van der Waals surface area contributed by atoms with Crippen LogP contribution in [0.25, 0.3) is 21.7 Å². The second-order valence-electron chi connectivity index (χ2n) is 4.78. The Kier molecular flexibility index (Phi) is 3.20. The molecule has 0 unspecified atom stereocenters. The second kappa shape index (κ2) is 4.91. The van der Waals surface area contributed by atoms with Crippen molar-refractivity contribution in [2.75, 3.05) is 7.11 Å². The van der Waals surface area contributed by atoms with E-state index in [0.717, 1.165) is 10.8 Å². The number of rotatable bonds is 2. The largest absolute Gasteiger partial charge is 0.497 e. The van der Waals surface area contributed by atoms with E-state index in [2.05, 4.69) is 4.98 Å². The summed E-state index contributed by atoms with van der Waals surface area (Å²) in [5.41, 5.74) is 0.547. The Labute approximate surface area is 119 Å². The van der Waals surface area contributed by atoms with Gasteiger partial charge in [0.2, 0.25) is 0 Å². The number of ether oxygens (including phenoxy) is 1. The number of nitrogens with zero attached hydrogens (tertiary/aromatic N) is 1. The lowest BCUT2D eigenvalue weighted by atomic mass is 10.0. The zero-order chi connectivity index (χ0) is 15.0. The predicted octanol–water partition coefficient (Wildman–Crippen LogP) is 4.50. The van der Waals surface area contributed by atoms with Crippen LogP contribution < -0.4 is 4.74 Å². The van der Waals surface area contributed by atoms with Crippen LogP contribution in [0.3, 0.4) is 0 Å². The first-order valence-electron chi connectivity index (χ1n) is 6.40. The fourth-order valence-corrected chi connectivity index (χ4v) is 2.46. The van der Waals surface area contributed by atoms with E-state index in [9.17, 15) is 13.2 Å². The molecule has 21 heavy (non-hydrogen) atoms. The van der Waals surface area contributed by atoms with Crippen LogP contribution in [0.15, 0.2) is 42.5 Å². The minimum Gasteiger partial charge on any atom is -0.497 e. The number of halogens is 3. The highest BCUT2D eigenvalue weighted by Gasteiger charge is 2.29. The molecule has 3 aromatic rings. The molecule has 1 aromatic heterocycles.